The van der Waals surface area contributed by atoms with E-state index in [1.54, 1.807) is 18.2 Å². The minimum Gasteiger partial charge on any atom is -0.493 e. The normalized spacial score (nSPS) is 10.2. The molecule has 0 atom stereocenters. The Morgan fingerprint density at radius 3 is 2.71 bits per heavy atom. The predicted molar refractivity (Wildman–Crippen MR) is 86.4 cm³/mol. The van der Waals surface area contributed by atoms with Crippen LogP contribution in [-0.2, 0) is 0 Å². The van der Waals surface area contributed by atoms with Crippen molar-refractivity contribution in [1.29, 1.82) is 0 Å². The number of ether oxygens (including phenoxy) is 1. The van der Waals surface area contributed by atoms with Crippen molar-refractivity contribution in [3.8, 4) is 5.75 Å². The van der Waals surface area contributed by atoms with Crippen LogP contribution in [-0.4, -0.2) is 12.5 Å². The molecule has 2 aromatic rings. The number of para-hydroxylation sites is 1. The molecule has 3 nitrogen and oxygen atoms in total. The zero-order valence-electron chi connectivity index (χ0n) is 12.2. The molecule has 0 aliphatic heterocycles. The topological polar surface area (TPSA) is 38.3 Å². The van der Waals surface area contributed by atoms with Gasteiger partial charge in [-0.2, -0.15) is 0 Å². The van der Waals surface area contributed by atoms with Crippen molar-refractivity contribution in [2.45, 2.75) is 20.3 Å². The van der Waals surface area contributed by atoms with Crippen molar-refractivity contribution in [3.63, 3.8) is 0 Å². The van der Waals surface area contributed by atoms with E-state index >= 15 is 0 Å². The number of benzene rings is 2. The van der Waals surface area contributed by atoms with Crippen LogP contribution < -0.4 is 10.1 Å². The van der Waals surface area contributed by atoms with E-state index in [1.165, 1.54) is 0 Å². The number of hydrogen-bond acceptors (Lipinski definition) is 2. The third kappa shape index (κ3) is 3.76. The summed E-state index contributed by atoms with van der Waals surface area (Å²) in [6, 6.07) is 12.7. The molecule has 0 saturated heterocycles. The van der Waals surface area contributed by atoms with Gasteiger partial charge in [-0.05, 0) is 43.2 Å². The van der Waals surface area contributed by atoms with Gasteiger partial charge in [0.25, 0.3) is 5.91 Å². The Morgan fingerprint density at radius 1 is 1.19 bits per heavy atom. The summed E-state index contributed by atoms with van der Waals surface area (Å²) in [5.41, 5.74) is 2.07. The second-order valence-electron chi connectivity index (χ2n) is 4.71. The largest absolute Gasteiger partial charge is 0.493 e. The van der Waals surface area contributed by atoms with Crippen LogP contribution in [0.2, 0.25) is 5.02 Å². The van der Waals surface area contributed by atoms with Crippen molar-refractivity contribution in [3.05, 3.63) is 58.6 Å². The van der Waals surface area contributed by atoms with Crippen molar-refractivity contribution in [2.75, 3.05) is 11.9 Å². The van der Waals surface area contributed by atoms with Crippen LogP contribution in [0.4, 0.5) is 5.69 Å². The van der Waals surface area contributed by atoms with Crippen LogP contribution in [0.25, 0.3) is 0 Å². The first-order valence-electron chi connectivity index (χ1n) is 6.91. The minimum atomic E-state index is -0.202. The van der Waals surface area contributed by atoms with Gasteiger partial charge < -0.3 is 10.1 Å². The van der Waals surface area contributed by atoms with Crippen LogP contribution in [0.15, 0.2) is 42.5 Å². The van der Waals surface area contributed by atoms with E-state index in [0.29, 0.717) is 28.6 Å². The maximum absolute atomic E-state index is 12.4. The van der Waals surface area contributed by atoms with E-state index < -0.39 is 0 Å². The second-order valence-corrected chi connectivity index (χ2v) is 5.12. The molecule has 21 heavy (non-hydrogen) atoms. The number of amides is 1. The van der Waals surface area contributed by atoms with E-state index in [-0.39, 0.29) is 5.91 Å². The first-order valence-corrected chi connectivity index (χ1v) is 7.29. The molecule has 0 unspecified atom stereocenters. The summed E-state index contributed by atoms with van der Waals surface area (Å²) in [7, 11) is 0. The highest BCUT2D eigenvalue weighted by atomic mass is 35.5. The lowest BCUT2D eigenvalue weighted by Crippen LogP contribution is -2.14. The van der Waals surface area contributed by atoms with Gasteiger partial charge in [-0.1, -0.05) is 36.7 Å². The van der Waals surface area contributed by atoms with E-state index in [9.17, 15) is 4.79 Å². The maximum Gasteiger partial charge on any atom is 0.259 e. The summed E-state index contributed by atoms with van der Waals surface area (Å²) in [5.74, 6) is 0.392. The number of halogens is 1. The lowest BCUT2D eigenvalue weighted by molar-refractivity contribution is 0.102. The molecule has 1 N–H and O–H groups in total. The number of nitrogens with one attached hydrogen (secondary N) is 1. The quantitative estimate of drug-likeness (QED) is 0.870. The molecule has 0 aromatic heterocycles. The first-order chi connectivity index (χ1) is 10.1. The number of carbonyl (C=O) groups excluding carboxylic acids is 1. The Kier molecular flexibility index (Phi) is 5.23. The molecule has 0 bridgehead atoms. The summed E-state index contributed by atoms with van der Waals surface area (Å²) in [6.07, 6.45) is 0.892. The van der Waals surface area contributed by atoms with Gasteiger partial charge in [0.05, 0.1) is 12.2 Å². The average molecular weight is 304 g/mol. The molecule has 0 radical (unpaired) electrons. The Morgan fingerprint density at radius 2 is 1.95 bits per heavy atom. The van der Waals surface area contributed by atoms with Crippen LogP contribution >= 0.6 is 11.6 Å². The maximum atomic E-state index is 12.4. The molecular weight excluding hydrogens is 286 g/mol. The van der Waals surface area contributed by atoms with Crippen LogP contribution in [0.5, 0.6) is 5.75 Å². The van der Waals surface area contributed by atoms with E-state index in [4.69, 9.17) is 16.3 Å². The molecule has 0 aliphatic carbocycles. The number of anilines is 1. The van der Waals surface area contributed by atoms with Gasteiger partial charge in [0.2, 0.25) is 0 Å². The van der Waals surface area contributed by atoms with Gasteiger partial charge in [0.15, 0.2) is 0 Å². The lowest BCUT2D eigenvalue weighted by atomic mass is 10.1. The van der Waals surface area contributed by atoms with Crippen molar-refractivity contribution < 1.29 is 9.53 Å². The molecule has 0 heterocycles. The summed E-state index contributed by atoms with van der Waals surface area (Å²) < 4.78 is 5.61. The molecular formula is C17H18ClNO2. The van der Waals surface area contributed by atoms with Gasteiger partial charge in [-0.15, -0.1) is 0 Å². The Labute approximate surface area is 129 Å². The third-order valence-electron chi connectivity index (χ3n) is 3.11. The molecule has 4 heteroatoms. The summed E-state index contributed by atoms with van der Waals surface area (Å²) in [6.45, 7) is 4.48. The predicted octanol–water partition coefficient (Wildman–Crippen LogP) is 4.69. The second kappa shape index (κ2) is 7.14. The fourth-order valence-corrected chi connectivity index (χ4v) is 2.10. The number of hydrogen-bond donors (Lipinski definition) is 1. The molecule has 110 valence electrons. The van der Waals surface area contributed by atoms with E-state index in [1.807, 2.05) is 38.1 Å². The Bertz CT molecular complexity index is 640. The zero-order chi connectivity index (χ0) is 15.2. The Hall–Kier alpha value is -2.00. The molecule has 0 aliphatic rings. The van der Waals surface area contributed by atoms with Crippen molar-refractivity contribution in [1.82, 2.24) is 0 Å². The van der Waals surface area contributed by atoms with Gasteiger partial charge in [0, 0.05) is 10.7 Å². The highest BCUT2D eigenvalue weighted by molar-refractivity contribution is 6.31. The van der Waals surface area contributed by atoms with E-state index in [0.717, 1.165) is 12.0 Å². The number of carbonyl (C=O) groups is 1. The average Bonchev–Trinajstić information content (AvgIpc) is 2.50. The van der Waals surface area contributed by atoms with E-state index in [2.05, 4.69) is 5.32 Å². The van der Waals surface area contributed by atoms with Crippen LogP contribution in [0.1, 0.15) is 29.3 Å². The highest BCUT2D eigenvalue weighted by Gasteiger charge is 2.13. The fraction of sp³-hybridized carbons (Fsp3) is 0.235. The van der Waals surface area contributed by atoms with Crippen molar-refractivity contribution in [2.24, 2.45) is 0 Å². The smallest absolute Gasteiger partial charge is 0.259 e. The van der Waals surface area contributed by atoms with Crippen LogP contribution in [0, 0.1) is 6.92 Å². The standard InChI is InChI=1S/C17H18ClNO2/c1-3-11-21-16-10-5-4-7-13(16)17(20)19-15-9-6-8-14(18)12(15)2/h4-10H,3,11H2,1-2H3,(H,19,20). The van der Waals surface area contributed by atoms with Crippen molar-refractivity contribution >= 4 is 23.2 Å². The fourth-order valence-electron chi connectivity index (χ4n) is 1.92. The van der Waals surface area contributed by atoms with Gasteiger partial charge in [0.1, 0.15) is 5.75 Å². The van der Waals surface area contributed by atoms with Gasteiger partial charge >= 0.3 is 0 Å². The molecule has 2 aromatic carbocycles. The number of rotatable bonds is 5. The lowest BCUT2D eigenvalue weighted by Gasteiger charge is -2.12. The van der Waals surface area contributed by atoms with Gasteiger partial charge in [-0.25, -0.2) is 0 Å². The first kappa shape index (κ1) is 15.4. The van der Waals surface area contributed by atoms with Gasteiger partial charge in [-0.3, -0.25) is 4.79 Å². The third-order valence-corrected chi connectivity index (χ3v) is 3.52. The molecule has 0 spiro atoms. The zero-order valence-corrected chi connectivity index (χ0v) is 12.9. The highest BCUT2D eigenvalue weighted by Crippen LogP contribution is 2.25. The van der Waals surface area contributed by atoms with Crippen LogP contribution in [0.3, 0.4) is 0 Å². The summed E-state index contributed by atoms with van der Waals surface area (Å²) in [5, 5.41) is 3.51. The molecule has 2 rings (SSSR count). The molecule has 0 saturated carbocycles. The SMILES string of the molecule is CCCOc1ccccc1C(=O)Nc1cccc(Cl)c1C. The monoisotopic (exact) mass is 303 g/mol. The Balaban J connectivity index is 2.22. The summed E-state index contributed by atoms with van der Waals surface area (Å²) >= 11 is 6.07. The molecule has 1 amide bonds. The summed E-state index contributed by atoms with van der Waals surface area (Å²) in [4.78, 5) is 12.4. The molecule has 0 fully saturated rings. The minimum absolute atomic E-state index is 0.202.